The van der Waals surface area contributed by atoms with E-state index < -0.39 is 88.8 Å². The van der Waals surface area contributed by atoms with Gasteiger partial charge in [-0.2, -0.15) is 0 Å². The number of carbonyl (C=O) groups excluding carboxylic acids is 3. The van der Waals surface area contributed by atoms with Crippen molar-refractivity contribution in [2.45, 2.75) is 85.6 Å². The summed E-state index contributed by atoms with van der Waals surface area (Å²) in [4.78, 5) is 39.5. The number of carbonyl (C=O) groups is 3. The summed E-state index contributed by atoms with van der Waals surface area (Å²) in [5.41, 5.74) is -0.182. The third-order valence-electron chi connectivity index (χ3n) is 9.94. The first-order chi connectivity index (χ1) is 23.8. The van der Waals surface area contributed by atoms with E-state index in [0.29, 0.717) is 0 Å². The summed E-state index contributed by atoms with van der Waals surface area (Å²) in [6.45, 7) is 12.4. The number of Topliss-reactive ketones (excluding diaryl/α,β-unsaturated/α-hetero) is 1. The fourth-order valence-electron chi connectivity index (χ4n) is 6.69. The molecule has 51 heavy (non-hydrogen) atoms. The zero-order valence-corrected chi connectivity index (χ0v) is 31.6. The van der Waals surface area contributed by atoms with Crippen molar-refractivity contribution in [3.05, 3.63) is 51.7 Å². The van der Waals surface area contributed by atoms with E-state index in [1.54, 1.807) is 39.8 Å². The topological polar surface area (TPSA) is 201 Å². The highest BCUT2D eigenvalue weighted by Crippen LogP contribution is 2.56. The van der Waals surface area contributed by atoms with E-state index in [4.69, 9.17) is 18.9 Å². The Morgan fingerprint density at radius 3 is 2.20 bits per heavy atom. The molecule has 5 rings (SSSR count). The van der Waals surface area contributed by atoms with E-state index in [1.807, 2.05) is 0 Å². The molecule has 6 N–H and O–H groups in total. The molecule has 3 aliphatic rings. The molecule has 3 aliphatic heterocycles. The molecule has 0 aromatic heterocycles. The first-order valence-electron chi connectivity index (χ1n) is 16.5. The molecule has 2 aromatic carbocycles. The van der Waals surface area contributed by atoms with Gasteiger partial charge in [-0.3, -0.25) is 14.4 Å². The fraction of sp³-hybridized carbons (Fsp3) is 0.486. The van der Waals surface area contributed by atoms with Crippen LogP contribution in [-0.4, -0.2) is 80.5 Å². The number of benzene rings is 2. The number of nitrogens with one attached hydrogen (secondary N) is 1. The molecule has 0 fully saturated rings. The summed E-state index contributed by atoms with van der Waals surface area (Å²) in [6, 6.07) is 0. The summed E-state index contributed by atoms with van der Waals surface area (Å²) in [6.07, 6.45) is 3.57. The lowest BCUT2D eigenvalue weighted by molar-refractivity contribution is -0.160. The summed E-state index contributed by atoms with van der Waals surface area (Å²) in [7, 11) is 1.43. The largest absolute Gasteiger partial charge is 0.507 e. The fourth-order valence-corrected chi connectivity index (χ4v) is 7.17. The lowest BCUT2D eigenvalue weighted by Gasteiger charge is -2.38. The van der Waals surface area contributed by atoms with Gasteiger partial charge in [0.1, 0.15) is 29.0 Å². The van der Waals surface area contributed by atoms with Gasteiger partial charge in [0.2, 0.25) is 0 Å². The molecule has 2 aromatic rings. The third kappa shape index (κ3) is 7.32. The average Bonchev–Trinajstić information content (AvgIpc) is 3.35. The zero-order valence-electron chi connectivity index (χ0n) is 30.0. The number of phenolic OH excluding ortho intramolecular Hbond substituents is 3. The second-order valence-electron chi connectivity index (χ2n) is 13.5. The molecular formula is C37H46BrNO12. The van der Waals surface area contributed by atoms with Crippen LogP contribution in [0.25, 0.3) is 10.8 Å². The molecule has 14 heteroatoms. The van der Waals surface area contributed by atoms with Crippen molar-refractivity contribution < 1.29 is 58.9 Å². The molecule has 3 heterocycles. The molecule has 5 bridgehead atoms. The molecule has 1 amide bonds. The third-order valence-corrected chi connectivity index (χ3v) is 10.7. The van der Waals surface area contributed by atoms with E-state index in [0.717, 1.165) is 0 Å². The van der Waals surface area contributed by atoms with E-state index in [1.165, 1.54) is 53.2 Å². The molecule has 9 atom stereocenters. The van der Waals surface area contributed by atoms with Crippen molar-refractivity contribution in [1.82, 2.24) is 0 Å². The lowest BCUT2D eigenvalue weighted by Crippen LogP contribution is -2.46. The molecule has 9 unspecified atom stereocenters. The van der Waals surface area contributed by atoms with Crippen LogP contribution in [0.1, 0.15) is 64.4 Å². The Bertz CT molecular complexity index is 1820. The van der Waals surface area contributed by atoms with Gasteiger partial charge in [-0.05, 0) is 35.9 Å². The molecule has 13 nitrogen and oxygen atoms in total. The van der Waals surface area contributed by atoms with Gasteiger partial charge in [0.25, 0.3) is 11.7 Å². The van der Waals surface area contributed by atoms with Gasteiger partial charge in [0, 0.05) is 61.2 Å². The number of aliphatic hydroxyl groups is 2. The van der Waals surface area contributed by atoms with Gasteiger partial charge in [0.05, 0.1) is 40.0 Å². The summed E-state index contributed by atoms with van der Waals surface area (Å²) < 4.78 is 23.1. The Labute approximate surface area is 304 Å². The van der Waals surface area contributed by atoms with Gasteiger partial charge >= 0.3 is 11.8 Å². The van der Waals surface area contributed by atoms with Crippen LogP contribution in [0.4, 0.5) is 5.69 Å². The van der Waals surface area contributed by atoms with Gasteiger partial charge in [-0.15, -0.1) is 0 Å². The summed E-state index contributed by atoms with van der Waals surface area (Å²) >= 11 is 3.22. The van der Waals surface area contributed by atoms with Crippen LogP contribution in [0.2, 0.25) is 0 Å². The van der Waals surface area contributed by atoms with Crippen molar-refractivity contribution in [3.63, 3.8) is 0 Å². The van der Waals surface area contributed by atoms with E-state index in [2.05, 4.69) is 21.2 Å². The number of hydrogen-bond acceptors (Lipinski definition) is 12. The highest BCUT2D eigenvalue weighted by molar-refractivity contribution is 9.10. The Kier molecular flexibility index (Phi) is 11.9. The maximum Gasteiger partial charge on any atom is 0.312 e. The van der Waals surface area contributed by atoms with Crippen molar-refractivity contribution in [2.75, 3.05) is 12.4 Å². The van der Waals surface area contributed by atoms with Crippen LogP contribution >= 0.6 is 15.9 Å². The Hall–Kier alpha value is -4.11. The van der Waals surface area contributed by atoms with Crippen LogP contribution in [0.3, 0.4) is 0 Å². The van der Waals surface area contributed by atoms with Crippen LogP contribution in [0.5, 0.6) is 23.0 Å². The number of aliphatic hydroxyl groups excluding tert-OH is 2. The predicted octanol–water partition coefficient (Wildman–Crippen LogP) is 5.52. The average molecular weight is 777 g/mol. The number of amides is 1. The standard InChI is InChI=1S/C37H46BrNO12/c1-15-11-10-12-16(2)36(47)39-27-26(38)31(44)23-24(32(27)45)30(43)20(6)34-25(23)35(46)37(8,51-34)49-14-13-22(48-9)17(3)33(50-21(7)40)19(5)29(42)18(4)28(15)41/h10-15,17-19,22,28-29,33,41-45H,1-9H3,(H,39,47)/b11-10+,14-13+,16-12-. The smallest absolute Gasteiger partial charge is 0.312 e. The Morgan fingerprint density at radius 1 is 0.941 bits per heavy atom. The number of aromatic hydroxyl groups is 3. The van der Waals surface area contributed by atoms with Crippen molar-refractivity contribution in [3.8, 4) is 23.0 Å². The van der Waals surface area contributed by atoms with Gasteiger partial charge < -0.3 is 49.8 Å². The molecule has 0 aliphatic carbocycles. The minimum absolute atomic E-state index is 0.0638. The van der Waals surface area contributed by atoms with E-state index in [9.17, 15) is 39.9 Å². The minimum Gasteiger partial charge on any atom is -0.507 e. The van der Waals surface area contributed by atoms with Gasteiger partial charge in [-0.25, -0.2) is 0 Å². The van der Waals surface area contributed by atoms with Crippen molar-refractivity contribution in [2.24, 2.45) is 23.7 Å². The molecule has 278 valence electrons. The normalized spacial score (nSPS) is 32.8. The number of allylic oxidation sites excluding steroid dienone is 2. The van der Waals surface area contributed by atoms with Crippen molar-refractivity contribution >= 4 is 50.0 Å². The number of fused-ring (bicyclic) bond motifs is 14. The second-order valence-corrected chi connectivity index (χ2v) is 14.3. The molecule has 0 saturated heterocycles. The quantitative estimate of drug-likeness (QED) is 0.127. The molecular weight excluding hydrogens is 730 g/mol. The first kappa shape index (κ1) is 39.7. The number of ether oxygens (including phenoxy) is 4. The SMILES string of the molecule is COC1/C=C/OC2(C)Oc3c(C)c(O)c4c(O)c(c(Br)c(O)c4c3C2=O)NC(=O)/C(C)=C\C=C\C(C)C(O)C(C)C(O)C(C)C(OC(C)=O)C1C. The number of ketones is 1. The number of halogens is 1. The Morgan fingerprint density at radius 2 is 1.59 bits per heavy atom. The molecule has 0 saturated carbocycles. The molecule has 0 spiro atoms. The minimum atomic E-state index is -2.00. The maximum absolute atomic E-state index is 14.0. The van der Waals surface area contributed by atoms with Crippen LogP contribution in [0.15, 0.2) is 40.6 Å². The number of rotatable bonds is 2. The van der Waals surface area contributed by atoms with Crippen LogP contribution < -0.4 is 10.1 Å². The highest BCUT2D eigenvalue weighted by atomic mass is 79.9. The number of methoxy groups -OCH3 is 1. The van der Waals surface area contributed by atoms with E-state index in [-0.39, 0.29) is 43.4 Å². The van der Waals surface area contributed by atoms with Crippen LogP contribution in [0, 0.1) is 30.6 Å². The summed E-state index contributed by atoms with van der Waals surface area (Å²) in [5, 5.41) is 58.6. The Balaban J connectivity index is 1.90. The second kappa shape index (κ2) is 15.2. The monoisotopic (exact) mass is 775 g/mol. The predicted molar refractivity (Wildman–Crippen MR) is 192 cm³/mol. The summed E-state index contributed by atoms with van der Waals surface area (Å²) in [5.74, 6) is -8.18. The van der Waals surface area contributed by atoms with Gasteiger partial charge in [0.15, 0.2) is 5.75 Å². The van der Waals surface area contributed by atoms with Crippen molar-refractivity contribution in [1.29, 1.82) is 0 Å². The maximum atomic E-state index is 14.0. The number of phenols is 3. The highest BCUT2D eigenvalue weighted by Gasteiger charge is 2.50. The van der Waals surface area contributed by atoms with Crippen LogP contribution in [-0.2, 0) is 23.8 Å². The zero-order chi connectivity index (χ0) is 38.3. The van der Waals surface area contributed by atoms with Gasteiger partial charge in [-0.1, -0.05) is 45.9 Å². The number of esters is 1. The first-order valence-corrected chi connectivity index (χ1v) is 17.3. The number of anilines is 1. The number of hydrogen-bond donors (Lipinski definition) is 6. The lowest BCUT2D eigenvalue weighted by atomic mass is 9.78. The van der Waals surface area contributed by atoms with E-state index >= 15 is 0 Å². The molecule has 0 radical (unpaired) electrons.